The van der Waals surface area contributed by atoms with Crippen LogP contribution in [0.5, 0.6) is 0 Å². The summed E-state index contributed by atoms with van der Waals surface area (Å²) in [6.07, 6.45) is 0. The van der Waals surface area contributed by atoms with Gasteiger partial charge in [-0.1, -0.05) is 41.4 Å². The van der Waals surface area contributed by atoms with Gasteiger partial charge in [-0.3, -0.25) is 4.79 Å². The zero-order chi connectivity index (χ0) is 15.7. The van der Waals surface area contributed by atoms with E-state index < -0.39 is 0 Å². The fraction of sp³-hybridized carbons (Fsp3) is 0.111. The fourth-order valence-electron chi connectivity index (χ4n) is 2.51. The maximum absolute atomic E-state index is 12.4. The number of fused-ring (bicyclic) bond motifs is 1. The number of pyridine rings is 1. The largest absolute Gasteiger partial charge is 0.322 e. The van der Waals surface area contributed by atoms with Crippen LogP contribution in [0.1, 0.15) is 21.5 Å². The Morgan fingerprint density at radius 2 is 1.82 bits per heavy atom. The van der Waals surface area contributed by atoms with E-state index in [1.165, 1.54) is 0 Å². The Kier molecular flexibility index (Phi) is 3.82. The van der Waals surface area contributed by atoms with Crippen LogP contribution in [0.4, 0.5) is 5.69 Å². The van der Waals surface area contributed by atoms with Gasteiger partial charge in [0.2, 0.25) is 0 Å². The van der Waals surface area contributed by atoms with Gasteiger partial charge in [-0.2, -0.15) is 0 Å². The minimum atomic E-state index is -0.259. The molecule has 0 fully saturated rings. The van der Waals surface area contributed by atoms with Crippen LogP contribution in [0.2, 0.25) is 5.15 Å². The van der Waals surface area contributed by atoms with Crippen LogP contribution in [0, 0.1) is 13.8 Å². The number of benzene rings is 2. The number of amides is 1. The van der Waals surface area contributed by atoms with E-state index >= 15 is 0 Å². The third-order valence-electron chi connectivity index (χ3n) is 3.48. The molecule has 0 aliphatic rings. The lowest BCUT2D eigenvalue weighted by Crippen LogP contribution is -2.13. The second kappa shape index (κ2) is 5.78. The van der Waals surface area contributed by atoms with Crippen molar-refractivity contribution < 1.29 is 4.79 Å². The highest BCUT2D eigenvalue weighted by atomic mass is 35.5. The first-order chi connectivity index (χ1) is 10.5. The van der Waals surface area contributed by atoms with Gasteiger partial charge in [-0.15, -0.1) is 0 Å². The number of rotatable bonds is 2. The highest BCUT2D eigenvalue weighted by Crippen LogP contribution is 2.25. The predicted molar refractivity (Wildman–Crippen MR) is 90.6 cm³/mol. The summed E-state index contributed by atoms with van der Waals surface area (Å²) in [6.45, 7) is 4.01. The van der Waals surface area contributed by atoms with Crippen molar-refractivity contribution in [2.24, 2.45) is 0 Å². The zero-order valence-electron chi connectivity index (χ0n) is 12.4. The number of carbonyl (C=O) groups is 1. The van der Waals surface area contributed by atoms with E-state index in [0.717, 1.165) is 27.7 Å². The number of hydrogen-bond acceptors (Lipinski definition) is 2. The summed E-state index contributed by atoms with van der Waals surface area (Å²) in [6, 6.07) is 15.1. The van der Waals surface area contributed by atoms with E-state index in [1.54, 1.807) is 6.07 Å². The number of para-hydroxylation sites is 1. The third-order valence-corrected chi connectivity index (χ3v) is 3.77. The molecule has 1 amide bonds. The third kappa shape index (κ3) is 2.81. The Hall–Kier alpha value is -2.39. The van der Waals surface area contributed by atoms with Crippen LogP contribution in [0.25, 0.3) is 10.9 Å². The second-order valence-electron chi connectivity index (χ2n) is 5.30. The summed E-state index contributed by atoms with van der Waals surface area (Å²) in [4.78, 5) is 16.8. The standard InChI is InChI=1S/C18H15ClN2O/c1-11-8-12(2)16-13(9-11)10-15(17(19)21-16)18(22)20-14-6-4-3-5-7-14/h3-10H,1-2H3,(H,20,22). The molecule has 0 saturated carbocycles. The molecule has 0 radical (unpaired) electrons. The molecule has 22 heavy (non-hydrogen) atoms. The number of nitrogens with zero attached hydrogens (tertiary/aromatic N) is 1. The highest BCUT2D eigenvalue weighted by molar-refractivity contribution is 6.33. The molecule has 0 spiro atoms. The molecular weight excluding hydrogens is 296 g/mol. The maximum Gasteiger partial charge on any atom is 0.258 e. The van der Waals surface area contributed by atoms with Gasteiger partial charge in [0.15, 0.2) is 0 Å². The minimum Gasteiger partial charge on any atom is -0.322 e. The van der Waals surface area contributed by atoms with Gasteiger partial charge in [-0.25, -0.2) is 4.98 Å². The summed E-state index contributed by atoms with van der Waals surface area (Å²) in [5, 5.41) is 3.96. The smallest absolute Gasteiger partial charge is 0.258 e. The topological polar surface area (TPSA) is 42.0 Å². The number of carbonyl (C=O) groups excluding carboxylic acids is 1. The van der Waals surface area contributed by atoms with Gasteiger partial charge in [0.25, 0.3) is 5.91 Å². The summed E-state index contributed by atoms with van der Waals surface area (Å²) >= 11 is 6.20. The predicted octanol–water partition coefficient (Wildman–Crippen LogP) is 4.76. The van der Waals surface area contributed by atoms with E-state index in [9.17, 15) is 4.79 Å². The fourth-order valence-corrected chi connectivity index (χ4v) is 2.73. The Bertz CT molecular complexity index is 860. The maximum atomic E-state index is 12.4. The zero-order valence-corrected chi connectivity index (χ0v) is 13.1. The average Bonchev–Trinajstić information content (AvgIpc) is 2.48. The molecule has 1 heterocycles. The van der Waals surface area contributed by atoms with Gasteiger partial charge >= 0.3 is 0 Å². The minimum absolute atomic E-state index is 0.216. The van der Waals surface area contributed by atoms with E-state index in [-0.39, 0.29) is 11.1 Å². The molecule has 0 saturated heterocycles. The van der Waals surface area contributed by atoms with Crippen molar-refractivity contribution in [3.05, 3.63) is 70.4 Å². The van der Waals surface area contributed by atoms with E-state index in [1.807, 2.05) is 50.2 Å². The normalized spacial score (nSPS) is 10.7. The number of halogens is 1. The number of aryl methyl sites for hydroxylation is 2. The van der Waals surface area contributed by atoms with Gasteiger partial charge in [0, 0.05) is 11.1 Å². The molecule has 0 aliphatic carbocycles. The van der Waals surface area contributed by atoms with Gasteiger partial charge in [0.1, 0.15) is 5.15 Å². The van der Waals surface area contributed by atoms with Crippen LogP contribution in [0.3, 0.4) is 0 Å². The monoisotopic (exact) mass is 310 g/mol. The van der Waals surface area contributed by atoms with Crippen molar-refractivity contribution in [1.82, 2.24) is 4.98 Å². The Morgan fingerprint density at radius 1 is 1.09 bits per heavy atom. The summed E-state index contributed by atoms with van der Waals surface area (Å²) in [7, 11) is 0. The van der Waals surface area contributed by atoms with Crippen molar-refractivity contribution in [3.8, 4) is 0 Å². The molecule has 0 atom stereocenters. The van der Waals surface area contributed by atoms with E-state index in [4.69, 9.17) is 11.6 Å². The lowest BCUT2D eigenvalue weighted by atomic mass is 10.1. The van der Waals surface area contributed by atoms with Crippen molar-refractivity contribution >= 4 is 34.1 Å². The summed E-state index contributed by atoms with van der Waals surface area (Å²) in [5.41, 5.74) is 4.11. The molecule has 0 aliphatic heterocycles. The van der Waals surface area contributed by atoms with Gasteiger partial charge in [0.05, 0.1) is 11.1 Å². The van der Waals surface area contributed by atoms with Crippen LogP contribution in [-0.2, 0) is 0 Å². The van der Waals surface area contributed by atoms with Crippen LogP contribution >= 0.6 is 11.6 Å². The number of hydrogen-bond donors (Lipinski definition) is 1. The number of aromatic nitrogens is 1. The van der Waals surface area contributed by atoms with Crippen LogP contribution < -0.4 is 5.32 Å². The Balaban J connectivity index is 2.03. The van der Waals surface area contributed by atoms with Crippen molar-refractivity contribution in [2.75, 3.05) is 5.32 Å². The number of nitrogens with one attached hydrogen (secondary N) is 1. The lowest BCUT2D eigenvalue weighted by Gasteiger charge is -2.09. The van der Waals surface area contributed by atoms with Crippen LogP contribution in [0.15, 0.2) is 48.5 Å². The van der Waals surface area contributed by atoms with Gasteiger partial charge in [-0.05, 0) is 43.7 Å². The lowest BCUT2D eigenvalue weighted by molar-refractivity contribution is 0.102. The molecule has 2 aromatic carbocycles. The molecular formula is C18H15ClN2O. The molecule has 0 unspecified atom stereocenters. The summed E-state index contributed by atoms with van der Waals surface area (Å²) < 4.78 is 0. The Morgan fingerprint density at radius 3 is 2.55 bits per heavy atom. The molecule has 0 bridgehead atoms. The van der Waals surface area contributed by atoms with Crippen molar-refractivity contribution in [3.63, 3.8) is 0 Å². The molecule has 3 nitrogen and oxygen atoms in total. The molecule has 4 heteroatoms. The van der Waals surface area contributed by atoms with Crippen molar-refractivity contribution in [2.45, 2.75) is 13.8 Å². The summed E-state index contributed by atoms with van der Waals surface area (Å²) in [5.74, 6) is -0.259. The first-order valence-electron chi connectivity index (χ1n) is 6.98. The molecule has 3 aromatic rings. The van der Waals surface area contributed by atoms with Crippen molar-refractivity contribution in [1.29, 1.82) is 0 Å². The second-order valence-corrected chi connectivity index (χ2v) is 5.66. The molecule has 1 N–H and O–H groups in total. The highest BCUT2D eigenvalue weighted by Gasteiger charge is 2.14. The molecule has 1 aromatic heterocycles. The van der Waals surface area contributed by atoms with E-state index in [2.05, 4.69) is 16.4 Å². The molecule has 110 valence electrons. The quantitative estimate of drug-likeness (QED) is 0.694. The molecule has 3 rings (SSSR count). The van der Waals surface area contributed by atoms with Gasteiger partial charge < -0.3 is 5.32 Å². The first kappa shape index (κ1) is 14.5. The Labute approximate surface area is 133 Å². The van der Waals surface area contributed by atoms with E-state index in [0.29, 0.717) is 5.56 Å². The first-order valence-corrected chi connectivity index (χ1v) is 7.36. The number of anilines is 1. The van der Waals surface area contributed by atoms with Crippen LogP contribution in [-0.4, -0.2) is 10.9 Å². The average molecular weight is 311 g/mol. The SMILES string of the molecule is Cc1cc(C)c2nc(Cl)c(C(=O)Nc3ccccc3)cc2c1.